The van der Waals surface area contributed by atoms with E-state index >= 15 is 0 Å². The van der Waals surface area contributed by atoms with Gasteiger partial charge in [0.25, 0.3) is 5.56 Å². The number of hydrogen-bond donors (Lipinski definition) is 1. The van der Waals surface area contributed by atoms with Gasteiger partial charge in [-0.3, -0.25) is 4.79 Å². The Kier molecular flexibility index (Phi) is 6.30. The van der Waals surface area contributed by atoms with Crippen molar-refractivity contribution in [3.05, 3.63) is 74.0 Å². The molecule has 154 valence electrons. The van der Waals surface area contributed by atoms with Crippen LogP contribution in [-0.4, -0.2) is 30.9 Å². The van der Waals surface area contributed by atoms with Crippen molar-refractivity contribution in [1.82, 2.24) is 4.57 Å². The number of halogens is 1. The number of esters is 1. The lowest BCUT2D eigenvalue weighted by Crippen LogP contribution is -2.35. The summed E-state index contributed by atoms with van der Waals surface area (Å²) in [6, 6.07) is 8.65. The summed E-state index contributed by atoms with van der Waals surface area (Å²) in [5.74, 6) is -1.12. The number of pyridine rings is 1. The van der Waals surface area contributed by atoms with Crippen molar-refractivity contribution in [2.24, 2.45) is 5.73 Å². The Morgan fingerprint density at radius 2 is 2.00 bits per heavy atom. The van der Waals surface area contributed by atoms with Gasteiger partial charge in [-0.2, -0.15) is 0 Å². The Morgan fingerprint density at radius 1 is 1.31 bits per heavy atom. The van der Waals surface area contributed by atoms with E-state index in [-0.39, 0.29) is 23.6 Å². The van der Waals surface area contributed by atoms with E-state index in [9.17, 15) is 9.59 Å². The molecule has 3 rings (SSSR count). The number of nitrogens with zero attached hydrogens (tertiary/aromatic N) is 1. The number of carbonyl (C=O) groups excluding carboxylic acids is 1. The zero-order valence-corrected chi connectivity index (χ0v) is 17.3. The molecule has 7 nitrogen and oxygen atoms in total. The molecular formula is C21H23ClN2O5. The Bertz CT molecular complexity index is 1010. The predicted molar refractivity (Wildman–Crippen MR) is 109 cm³/mol. The maximum atomic E-state index is 13.4. The number of carbonyl (C=O) groups is 1. The molecule has 0 bridgehead atoms. The van der Waals surface area contributed by atoms with Crippen LogP contribution < -0.4 is 16.0 Å². The van der Waals surface area contributed by atoms with E-state index in [2.05, 4.69) is 0 Å². The third-order valence-corrected chi connectivity index (χ3v) is 5.04. The van der Waals surface area contributed by atoms with Gasteiger partial charge in [0, 0.05) is 30.4 Å². The van der Waals surface area contributed by atoms with Crippen molar-refractivity contribution in [2.75, 3.05) is 20.3 Å². The molecule has 0 fully saturated rings. The first-order valence-electron chi connectivity index (χ1n) is 9.22. The minimum Gasteiger partial charge on any atom is -0.462 e. The van der Waals surface area contributed by atoms with E-state index in [1.165, 1.54) is 0 Å². The number of nitrogens with two attached hydrogens (primary N) is 1. The highest BCUT2D eigenvalue weighted by molar-refractivity contribution is 6.30. The molecule has 8 heteroatoms. The molecule has 1 aliphatic heterocycles. The predicted octanol–water partition coefficient (Wildman–Crippen LogP) is 2.71. The van der Waals surface area contributed by atoms with Crippen molar-refractivity contribution < 1.29 is 19.0 Å². The average Bonchev–Trinajstić information content (AvgIpc) is 2.67. The standard InChI is InChI=1S/C21H23ClN2O5/c1-4-28-21(26)18-16(13-5-7-14(22)8-6-13)17-15(29-19(18)23)11-12(2)24(20(17)25)9-10-27-3/h5-8,11,16H,4,9-10,23H2,1-3H3/t16-/m1/s1. The molecular weight excluding hydrogens is 396 g/mol. The van der Waals surface area contributed by atoms with E-state index < -0.39 is 11.9 Å². The van der Waals surface area contributed by atoms with Crippen molar-refractivity contribution in [1.29, 1.82) is 0 Å². The van der Waals surface area contributed by atoms with Gasteiger partial charge in [0.2, 0.25) is 5.88 Å². The third kappa shape index (κ3) is 4.02. The average molecular weight is 419 g/mol. The van der Waals surface area contributed by atoms with E-state index in [1.54, 1.807) is 55.9 Å². The molecule has 0 spiro atoms. The number of methoxy groups -OCH3 is 1. The van der Waals surface area contributed by atoms with Crippen LogP contribution in [0.15, 0.2) is 46.6 Å². The van der Waals surface area contributed by atoms with E-state index in [0.717, 1.165) is 0 Å². The van der Waals surface area contributed by atoms with Gasteiger partial charge in [-0.05, 0) is 31.5 Å². The number of hydrogen-bond acceptors (Lipinski definition) is 6. The summed E-state index contributed by atoms with van der Waals surface area (Å²) < 4.78 is 17.6. The molecule has 0 unspecified atom stereocenters. The molecule has 1 atom stereocenters. The summed E-state index contributed by atoms with van der Waals surface area (Å²) in [4.78, 5) is 26.1. The van der Waals surface area contributed by atoms with Crippen LogP contribution in [0.5, 0.6) is 5.75 Å². The topological polar surface area (TPSA) is 92.8 Å². The lowest BCUT2D eigenvalue weighted by molar-refractivity contribution is -0.139. The number of rotatable bonds is 6. The SMILES string of the molecule is CCOC(=O)C1=C(N)Oc2cc(C)n(CCOC)c(=O)c2[C@H]1c1ccc(Cl)cc1. The molecule has 0 amide bonds. The minimum atomic E-state index is -0.739. The van der Waals surface area contributed by atoms with Crippen LogP contribution in [0.4, 0.5) is 0 Å². The van der Waals surface area contributed by atoms with Crippen molar-refractivity contribution in [3.63, 3.8) is 0 Å². The maximum absolute atomic E-state index is 13.4. The zero-order chi connectivity index (χ0) is 21.1. The highest BCUT2D eigenvalue weighted by Crippen LogP contribution is 2.41. The van der Waals surface area contributed by atoms with Crippen LogP contribution >= 0.6 is 11.6 Å². The summed E-state index contributed by atoms with van der Waals surface area (Å²) in [7, 11) is 1.57. The largest absolute Gasteiger partial charge is 0.462 e. The second kappa shape index (κ2) is 8.71. The van der Waals surface area contributed by atoms with E-state index in [4.69, 9.17) is 31.5 Å². The maximum Gasteiger partial charge on any atom is 0.340 e. The fourth-order valence-corrected chi connectivity index (χ4v) is 3.57. The van der Waals surface area contributed by atoms with E-state index in [0.29, 0.717) is 40.7 Å². The highest BCUT2D eigenvalue weighted by atomic mass is 35.5. The number of fused-ring (bicyclic) bond motifs is 1. The van der Waals surface area contributed by atoms with Gasteiger partial charge in [0.05, 0.1) is 24.7 Å². The van der Waals surface area contributed by atoms with Crippen molar-refractivity contribution in [2.45, 2.75) is 26.3 Å². The molecule has 0 saturated heterocycles. The molecule has 1 aliphatic rings. The number of aryl methyl sites for hydroxylation is 1. The van der Waals surface area contributed by atoms with Gasteiger partial charge in [0.15, 0.2) is 0 Å². The summed E-state index contributed by atoms with van der Waals surface area (Å²) in [6.45, 7) is 4.41. The van der Waals surface area contributed by atoms with Crippen LogP contribution in [0.1, 0.15) is 29.7 Å². The molecule has 0 saturated carbocycles. The summed E-state index contributed by atoms with van der Waals surface area (Å²) in [5.41, 5.74) is 7.64. The second-order valence-corrected chi connectivity index (χ2v) is 7.03. The molecule has 1 aromatic carbocycles. The van der Waals surface area contributed by atoms with Crippen LogP contribution in [-0.2, 0) is 20.8 Å². The van der Waals surface area contributed by atoms with Crippen molar-refractivity contribution >= 4 is 17.6 Å². The van der Waals surface area contributed by atoms with Gasteiger partial charge in [-0.25, -0.2) is 4.79 Å². The van der Waals surface area contributed by atoms with Crippen LogP contribution in [0.25, 0.3) is 0 Å². The normalized spacial score (nSPS) is 15.7. The summed E-state index contributed by atoms with van der Waals surface area (Å²) in [6.07, 6.45) is 0. The Labute approximate surface area is 173 Å². The van der Waals surface area contributed by atoms with Crippen LogP contribution in [0.2, 0.25) is 5.02 Å². The van der Waals surface area contributed by atoms with Gasteiger partial charge in [-0.15, -0.1) is 0 Å². The first kappa shape index (κ1) is 21.0. The molecule has 2 heterocycles. The number of aromatic nitrogens is 1. The number of ether oxygens (including phenoxy) is 3. The minimum absolute atomic E-state index is 0.0793. The molecule has 0 aliphatic carbocycles. The van der Waals surface area contributed by atoms with Crippen molar-refractivity contribution in [3.8, 4) is 5.75 Å². The highest BCUT2D eigenvalue weighted by Gasteiger charge is 2.38. The number of benzene rings is 1. The Morgan fingerprint density at radius 3 is 2.62 bits per heavy atom. The monoisotopic (exact) mass is 418 g/mol. The first-order valence-corrected chi connectivity index (χ1v) is 9.60. The van der Waals surface area contributed by atoms with Crippen LogP contribution in [0, 0.1) is 6.92 Å². The smallest absolute Gasteiger partial charge is 0.340 e. The molecule has 29 heavy (non-hydrogen) atoms. The Hall–Kier alpha value is -2.77. The van der Waals surface area contributed by atoms with Crippen LogP contribution in [0.3, 0.4) is 0 Å². The summed E-state index contributed by atoms with van der Waals surface area (Å²) >= 11 is 6.03. The van der Waals surface area contributed by atoms with E-state index in [1.807, 2.05) is 0 Å². The molecule has 2 N–H and O–H groups in total. The Balaban J connectivity index is 2.26. The van der Waals surface area contributed by atoms with Gasteiger partial charge < -0.3 is 24.5 Å². The van der Waals surface area contributed by atoms with Gasteiger partial charge in [0.1, 0.15) is 11.3 Å². The molecule has 0 radical (unpaired) electrons. The van der Waals surface area contributed by atoms with Gasteiger partial charge >= 0.3 is 5.97 Å². The summed E-state index contributed by atoms with van der Waals surface area (Å²) in [5, 5.41) is 0.539. The quantitative estimate of drug-likeness (QED) is 0.725. The van der Waals surface area contributed by atoms with Gasteiger partial charge in [-0.1, -0.05) is 23.7 Å². The fourth-order valence-electron chi connectivity index (χ4n) is 3.44. The third-order valence-electron chi connectivity index (χ3n) is 4.79. The first-order chi connectivity index (χ1) is 13.9. The lowest BCUT2D eigenvalue weighted by atomic mass is 9.83. The molecule has 2 aromatic rings. The molecule has 1 aromatic heterocycles. The second-order valence-electron chi connectivity index (χ2n) is 6.60. The lowest BCUT2D eigenvalue weighted by Gasteiger charge is -2.29. The zero-order valence-electron chi connectivity index (χ0n) is 16.5. The fraction of sp³-hybridized carbons (Fsp3) is 0.333.